The Hall–Kier alpha value is -3.01. The van der Waals surface area contributed by atoms with Crippen LogP contribution in [0.25, 0.3) is 0 Å². The van der Waals surface area contributed by atoms with Gasteiger partial charge in [0.2, 0.25) is 5.91 Å². The minimum atomic E-state index is -1.20. The molecule has 0 saturated heterocycles. The molecule has 3 aromatic rings. The molecule has 0 fully saturated rings. The molecular formula is C28H33N2O3P. The molecule has 1 amide bonds. The Morgan fingerprint density at radius 2 is 1.32 bits per heavy atom. The molecule has 0 saturated carbocycles. The van der Waals surface area contributed by atoms with E-state index in [4.69, 9.17) is 10.5 Å². The molecule has 0 radical (unpaired) electrons. The zero-order chi connectivity index (χ0) is 24.7. The number of carbonyl (C=O) groups excluding carboxylic acids is 2. The van der Waals surface area contributed by atoms with Gasteiger partial charge in [0.25, 0.3) is 0 Å². The van der Waals surface area contributed by atoms with Crippen LogP contribution in [0.15, 0.2) is 84.9 Å². The van der Waals surface area contributed by atoms with Crippen LogP contribution < -0.4 is 16.4 Å². The van der Waals surface area contributed by atoms with Gasteiger partial charge in [-0.05, 0) is 24.6 Å². The highest BCUT2D eigenvalue weighted by molar-refractivity contribution is 7.27. The number of nitrogens with two attached hydrogens (primary N) is 1. The van der Waals surface area contributed by atoms with Crippen LogP contribution in [-0.4, -0.2) is 24.0 Å². The molecular weight excluding hydrogens is 443 g/mol. The number of carbonyl (C=O) groups is 2. The van der Waals surface area contributed by atoms with Crippen LogP contribution in [0.3, 0.4) is 0 Å². The molecule has 3 atom stereocenters. The number of ether oxygens (including phenoxy) is 1. The molecule has 0 aliphatic heterocycles. The average Bonchev–Trinajstić information content (AvgIpc) is 2.83. The van der Waals surface area contributed by atoms with Crippen LogP contribution in [0.2, 0.25) is 0 Å². The number of hydrogen-bond acceptors (Lipinski definition) is 4. The summed E-state index contributed by atoms with van der Waals surface area (Å²) in [4.78, 5) is 26.2. The van der Waals surface area contributed by atoms with Crippen molar-refractivity contribution >= 4 is 26.4 Å². The third-order valence-electron chi connectivity index (χ3n) is 5.65. The fourth-order valence-corrected chi connectivity index (χ4v) is 4.14. The van der Waals surface area contributed by atoms with Gasteiger partial charge in [-0.15, -0.1) is 9.24 Å². The highest BCUT2D eigenvalue weighted by Crippen LogP contribution is 2.40. The lowest BCUT2D eigenvalue weighted by Crippen LogP contribution is -2.50. The second-order valence-corrected chi connectivity index (χ2v) is 9.60. The van der Waals surface area contributed by atoms with E-state index >= 15 is 0 Å². The number of esters is 1. The van der Waals surface area contributed by atoms with Gasteiger partial charge in [-0.3, -0.25) is 4.79 Å². The van der Waals surface area contributed by atoms with Crippen molar-refractivity contribution in [2.45, 2.75) is 44.9 Å². The number of rotatable bonds is 9. The highest BCUT2D eigenvalue weighted by atomic mass is 31.0. The van der Waals surface area contributed by atoms with Gasteiger partial charge < -0.3 is 15.8 Å². The first-order valence-electron chi connectivity index (χ1n) is 11.5. The molecule has 3 N–H and O–H groups in total. The Kier molecular flexibility index (Phi) is 8.60. The van der Waals surface area contributed by atoms with E-state index in [9.17, 15) is 9.59 Å². The van der Waals surface area contributed by atoms with Crippen molar-refractivity contribution in [3.05, 3.63) is 102 Å². The molecule has 1 unspecified atom stereocenters. The van der Waals surface area contributed by atoms with Crippen molar-refractivity contribution in [3.8, 4) is 0 Å². The van der Waals surface area contributed by atoms with E-state index in [2.05, 4.69) is 14.6 Å². The third-order valence-corrected chi connectivity index (χ3v) is 6.04. The Bertz CT molecular complexity index is 1040. The number of amides is 1. The zero-order valence-electron chi connectivity index (χ0n) is 19.9. The van der Waals surface area contributed by atoms with E-state index in [0.29, 0.717) is 6.42 Å². The van der Waals surface area contributed by atoms with E-state index in [0.717, 1.165) is 22.0 Å². The van der Waals surface area contributed by atoms with Crippen molar-refractivity contribution in [2.75, 3.05) is 0 Å². The summed E-state index contributed by atoms with van der Waals surface area (Å²) in [7, 11) is 2.68. The second kappa shape index (κ2) is 11.4. The summed E-state index contributed by atoms with van der Waals surface area (Å²) in [5.41, 5.74) is 7.00. The van der Waals surface area contributed by atoms with Gasteiger partial charge in [-0.25, -0.2) is 4.79 Å². The zero-order valence-corrected chi connectivity index (χ0v) is 21.1. The molecule has 3 aromatic carbocycles. The molecule has 0 aliphatic carbocycles. The maximum Gasteiger partial charge on any atom is 0.330 e. The van der Waals surface area contributed by atoms with Crippen LogP contribution in [0.5, 0.6) is 0 Å². The third kappa shape index (κ3) is 5.91. The van der Waals surface area contributed by atoms with E-state index in [1.165, 1.54) is 0 Å². The van der Waals surface area contributed by atoms with Crippen LogP contribution in [0, 0.1) is 5.92 Å². The van der Waals surface area contributed by atoms with Gasteiger partial charge in [-0.1, -0.05) is 98.8 Å². The summed E-state index contributed by atoms with van der Waals surface area (Å²) in [6.45, 7) is 5.59. The lowest BCUT2D eigenvalue weighted by molar-refractivity contribution is -0.158. The predicted octanol–water partition coefficient (Wildman–Crippen LogP) is 3.90. The van der Waals surface area contributed by atoms with E-state index in [1.54, 1.807) is 6.92 Å². The van der Waals surface area contributed by atoms with Crippen molar-refractivity contribution in [2.24, 2.45) is 11.7 Å². The number of hydrogen-bond donors (Lipinski definition) is 2. The van der Waals surface area contributed by atoms with E-state index in [1.807, 2.05) is 98.8 Å². The Morgan fingerprint density at radius 1 is 0.853 bits per heavy atom. The molecule has 0 aliphatic rings. The summed E-state index contributed by atoms with van der Waals surface area (Å²) in [5.74, 6) is -0.740. The fourth-order valence-electron chi connectivity index (χ4n) is 3.95. The molecule has 0 aromatic heterocycles. The monoisotopic (exact) mass is 476 g/mol. The second-order valence-electron chi connectivity index (χ2n) is 8.94. The number of nitrogens with one attached hydrogen (secondary N) is 1. The largest absolute Gasteiger partial charge is 0.443 e. The quantitative estimate of drug-likeness (QED) is 0.279. The topological polar surface area (TPSA) is 81.4 Å². The Balaban J connectivity index is 2.17. The summed E-state index contributed by atoms with van der Waals surface area (Å²) >= 11 is 0. The van der Waals surface area contributed by atoms with Crippen LogP contribution in [-0.2, 0) is 19.9 Å². The molecule has 0 heterocycles. The minimum absolute atomic E-state index is 0.158. The minimum Gasteiger partial charge on any atom is -0.443 e. The van der Waals surface area contributed by atoms with Crippen molar-refractivity contribution in [3.63, 3.8) is 0 Å². The summed E-state index contributed by atoms with van der Waals surface area (Å²) < 4.78 is 6.48. The van der Waals surface area contributed by atoms with Crippen LogP contribution >= 0.6 is 9.24 Å². The summed E-state index contributed by atoms with van der Waals surface area (Å²) in [6, 6.07) is 25.7. The fraction of sp³-hybridized carbons (Fsp3) is 0.286. The SMILES string of the molecule is CC(C)C[C@H](NC(=O)[C@H](C)N)C(=O)OC(c1ccccc1)(c1ccccc1)c1ccc(P)cc1. The first-order chi connectivity index (χ1) is 16.2. The molecule has 5 nitrogen and oxygen atoms in total. The van der Waals surface area contributed by atoms with Gasteiger partial charge in [0, 0.05) is 16.7 Å². The van der Waals surface area contributed by atoms with Crippen LogP contribution in [0.4, 0.5) is 0 Å². The average molecular weight is 477 g/mol. The van der Waals surface area contributed by atoms with Crippen molar-refractivity contribution < 1.29 is 14.3 Å². The molecule has 0 bridgehead atoms. The predicted molar refractivity (Wildman–Crippen MR) is 140 cm³/mol. The van der Waals surface area contributed by atoms with Crippen molar-refractivity contribution in [1.29, 1.82) is 0 Å². The van der Waals surface area contributed by atoms with Gasteiger partial charge in [0.1, 0.15) is 6.04 Å². The van der Waals surface area contributed by atoms with Crippen LogP contribution in [0.1, 0.15) is 43.9 Å². The maximum absolute atomic E-state index is 13.8. The highest BCUT2D eigenvalue weighted by Gasteiger charge is 2.42. The standard InChI is InChI=1S/C28H33N2O3P/c1-19(2)18-25(30-26(31)20(3)29)27(32)33-28(21-10-6-4-7-11-21,22-12-8-5-9-13-22)23-14-16-24(34)17-15-23/h4-17,19-20,25H,18,29,34H2,1-3H3,(H,30,31)/t20-,25-/m0/s1. The van der Waals surface area contributed by atoms with Gasteiger partial charge in [0.15, 0.2) is 5.60 Å². The first kappa shape index (κ1) is 25.6. The molecule has 3 rings (SSSR count). The molecule has 0 spiro atoms. The van der Waals surface area contributed by atoms with Gasteiger partial charge in [0.05, 0.1) is 6.04 Å². The first-order valence-corrected chi connectivity index (χ1v) is 12.1. The smallest absolute Gasteiger partial charge is 0.330 e. The van der Waals surface area contributed by atoms with Crippen molar-refractivity contribution in [1.82, 2.24) is 5.32 Å². The lowest BCUT2D eigenvalue weighted by atomic mass is 9.80. The van der Waals surface area contributed by atoms with E-state index in [-0.39, 0.29) is 11.8 Å². The molecule has 34 heavy (non-hydrogen) atoms. The summed E-state index contributed by atoms with van der Waals surface area (Å²) in [6.07, 6.45) is 0.432. The normalized spacial score (nSPS) is 13.2. The molecule has 178 valence electrons. The Labute approximate surface area is 204 Å². The lowest BCUT2D eigenvalue weighted by Gasteiger charge is -2.37. The van der Waals surface area contributed by atoms with Gasteiger partial charge in [-0.2, -0.15) is 0 Å². The molecule has 6 heteroatoms. The van der Waals surface area contributed by atoms with Gasteiger partial charge >= 0.3 is 5.97 Å². The van der Waals surface area contributed by atoms with E-state index < -0.39 is 23.7 Å². The Morgan fingerprint density at radius 3 is 1.76 bits per heavy atom. The number of benzene rings is 3. The maximum atomic E-state index is 13.8. The summed E-state index contributed by atoms with van der Waals surface area (Å²) in [5, 5.41) is 3.81.